The average molecular weight is 233 g/mol. The molecule has 1 saturated heterocycles. The van der Waals surface area contributed by atoms with Gasteiger partial charge >= 0.3 is 0 Å². The molecule has 3 heteroatoms. The van der Waals surface area contributed by atoms with Crippen molar-refractivity contribution < 1.29 is 9.53 Å². The average Bonchev–Trinajstić information content (AvgIpc) is 2.40. The molecule has 1 unspecified atom stereocenters. The Morgan fingerprint density at radius 2 is 2.18 bits per heavy atom. The van der Waals surface area contributed by atoms with Crippen molar-refractivity contribution in [1.82, 2.24) is 4.90 Å². The van der Waals surface area contributed by atoms with Crippen molar-refractivity contribution in [2.24, 2.45) is 0 Å². The molecule has 1 aromatic rings. The first-order valence-electron chi connectivity index (χ1n) is 6.20. The van der Waals surface area contributed by atoms with Gasteiger partial charge in [-0.25, -0.2) is 0 Å². The van der Waals surface area contributed by atoms with E-state index in [1.807, 2.05) is 30.3 Å². The standard InChI is InChI=1S/C14H19NO2/c1-2-15-8-9-17-14(11-15)13(16)10-12-6-4-3-5-7-12/h3-7,14H,2,8-11H2,1H3. The molecule has 2 rings (SSSR count). The lowest BCUT2D eigenvalue weighted by Crippen LogP contribution is -2.46. The van der Waals surface area contributed by atoms with Crippen LogP contribution in [0.3, 0.4) is 0 Å². The van der Waals surface area contributed by atoms with Crippen LogP contribution in [-0.2, 0) is 16.0 Å². The van der Waals surface area contributed by atoms with Crippen LogP contribution in [0, 0.1) is 0 Å². The summed E-state index contributed by atoms with van der Waals surface area (Å²) in [5, 5.41) is 0. The molecule has 0 bridgehead atoms. The summed E-state index contributed by atoms with van der Waals surface area (Å²) in [6.45, 7) is 5.44. The van der Waals surface area contributed by atoms with E-state index in [0.29, 0.717) is 13.0 Å². The van der Waals surface area contributed by atoms with Crippen LogP contribution in [0.25, 0.3) is 0 Å². The number of morpholine rings is 1. The van der Waals surface area contributed by atoms with Crippen molar-refractivity contribution >= 4 is 5.78 Å². The van der Waals surface area contributed by atoms with Gasteiger partial charge in [-0.1, -0.05) is 37.3 Å². The molecule has 1 atom stereocenters. The second kappa shape index (κ2) is 5.94. The van der Waals surface area contributed by atoms with Crippen molar-refractivity contribution in [2.75, 3.05) is 26.2 Å². The number of carbonyl (C=O) groups excluding carboxylic acids is 1. The van der Waals surface area contributed by atoms with Gasteiger partial charge in [-0.2, -0.15) is 0 Å². The summed E-state index contributed by atoms with van der Waals surface area (Å²) < 4.78 is 5.55. The summed E-state index contributed by atoms with van der Waals surface area (Å²) in [5.41, 5.74) is 1.06. The molecule has 1 aliphatic rings. The number of carbonyl (C=O) groups is 1. The lowest BCUT2D eigenvalue weighted by atomic mass is 10.0. The first kappa shape index (κ1) is 12.3. The summed E-state index contributed by atoms with van der Waals surface area (Å²) in [4.78, 5) is 14.3. The van der Waals surface area contributed by atoms with Gasteiger partial charge in [-0.05, 0) is 12.1 Å². The highest BCUT2D eigenvalue weighted by Gasteiger charge is 2.25. The minimum atomic E-state index is -0.246. The fourth-order valence-corrected chi connectivity index (χ4v) is 2.10. The van der Waals surface area contributed by atoms with E-state index in [9.17, 15) is 4.79 Å². The van der Waals surface area contributed by atoms with E-state index in [-0.39, 0.29) is 11.9 Å². The number of nitrogens with zero attached hydrogens (tertiary/aromatic N) is 1. The van der Waals surface area contributed by atoms with Crippen LogP contribution in [0.15, 0.2) is 30.3 Å². The molecule has 0 aliphatic carbocycles. The van der Waals surface area contributed by atoms with E-state index < -0.39 is 0 Å². The van der Waals surface area contributed by atoms with Crippen molar-refractivity contribution in [1.29, 1.82) is 0 Å². The molecule has 0 amide bonds. The van der Waals surface area contributed by atoms with Crippen LogP contribution in [0.4, 0.5) is 0 Å². The van der Waals surface area contributed by atoms with E-state index in [2.05, 4.69) is 11.8 Å². The number of hydrogen-bond donors (Lipinski definition) is 0. The molecule has 1 aliphatic heterocycles. The number of benzene rings is 1. The fourth-order valence-electron chi connectivity index (χ4n) is 2.10. The monoisotopic (exact) mass is 233 g/mol. The molecule has 92 valence electrons. The Hall–Kier alpha value is -1.19. The minimum Gasteiger partial charge on any atom is -0.368 e. The van der Waals surface area contributed by atoms with E-state index in [1.54, 1.807) is 0 Å². The largest absolute Gasteiger partial charge is 0.368 e. The summed E-state index contributed by atoms with van der Waals surface area (Å²) in [6.07, 6.45) is 0.229. The summed E-state index contributed by atoms with van der Waals surface area (Å²) >= 11 is 0. The van der Waals surface area contributed by atoms with Gasteiger partial charge in [0.15, 0.2) is 5.78 Å². The summed E-state index contributed by atoms with van der Waals surface area (Å²) in [6, 6.07) is 9.85. The van der Waals surface area contributed by atoms with Crippen molar-refractivity contribution in [3.63, 3.8) is 0 Å². The van der Waals surface area contributed by atoms with Crippen molar-refractivity contribution in [3.05, 3.63) is 35.9 Å². The van der Waals surface area contributed by atoms with E-state index >= 15 is 0 Å². The Balaban J connectivity index is 1.91. The highest BCUT2D eigenvalue weighted by Crippen LogP contribution is 2.09. The maximum Gasteiger partial charge on any atom is 0.167 e. The Labute approximate surface area is 102 Å². The molecule has 3 nitrogen and oxygen atoms in total. The first-order valence-corrected chi connectivity index (χ1v) is 6.20. The van der Waals surface area contributed by atoms with E-state index in [0.717, 1.165) is 25.2 Å². The van der Waals surface area contributed by atoms with Gasteiger partial charge in [0.05, 0.1) is 6.61 Å². The van der Waals surface area contributed by atoms with Crippen molar-refractivity contribution in [2.45, 2.75) is 19.4 Å². The van der Waals surface area contributed by atoms with Gasteiger partial charge in [-0.15, -0.1) is 0 Å². The number of likely N-dealkylation sites (N-methyl/N-ethyl adjacent to an activating group) is 1. The zero-order valence-electron chi connectivity index (χ0n) is 10.3. The van der Waals surface area contributed by atoms with Crippen LogP contribution >= 0.6 is 0 Å². The zero-order valence-corrected chi connectivity index (χ0v) is 10.3. The van der Waals surface area contributed by atoms with Gasteiger partial charge in [0.25, 0.3) is 0 Å². The second-order valence-electron chi connectivity index (χ2n) is 4.38. The topological polar surface area (TPSA) is 29.5 Å². The number of ether oxygens (including phenoxy) is 1. The van der Waals surface area contributed by atoms with Gasteiger partial charge in [0.2, 0.25) is 0 Å². The number of ketones is 1. The third-order valence-electron chi connectivity index (χ3n) is 3.18. The predicted octanol–water partition coefficient (Wildman–Crippen LogP) is 1.52. The molecule has 0 N–H and O–H groups in total. The smallest absolute Gasteiger partial charge is 0.167 e. The Bertz CT molecular complexity index is 364. The lowest BCUT2D eigenvalue weighted by molar-refractivity contribution is -0.135. The Morgan fingerprint density at radius 1 is 1.41 bits per heavy atom. The van der Waals surface area contributed by atoms with Gasteiger partial charge < -0.3 is 4.74 Å². The van der Waals surface area contributed by atoms with Crippen LogP contribution in [0.1, 0.15) is 12.5 Å². The molecule has 0 saturated carbocycles. The maximum absolute atomic E-state index is 12.1. The molecule has 1 fully saturated rings. The van der Waals surface area contributed by atoms with Gasteiger partial charge in [-0.3, -0.25) is 9.69 Å². The van der Waals surface area contributed by atoms with Gasteiger partial charge in [0, 0.05) is 19.5 Å². The molecular formula is C14H19NO2. The van der Waals surface area contributed by atoms with Crippen LogP contribution in [0.5, 0.6) is 0 Å². The van der Waals surface area contributed by atoms with E-state index in [4.69, 9.17) is 4.74 Å². The van der Waals surface area contributed by atoms with Crippen LogP contribution in [-0.4, -0.2) is 43.0 Å². The summed E-state index contributed by atoms with van der Waals surface area (Å²) in [7, 11) is 0. The fraction of sp³-hybridized carbons (Fsp3) is 0.500. The van der Waals surface area contributed by atoms with Crippen molar-refractivity contribution in [3.8, 4) is 0 Å². The molecule has 0 spiro atoms. The normalized spacial score (nSPS) is 21.4. The van der Waals surface area contributed by atoms with Crippen LogP contribution < -0.4 is 0 Å². The predicted molar refractivity (Wildman–Crippen MR) is 67.0 cm³/mol. The molecule has 17 heavy (non-hydrogen) atoms. The lowest BCUT2D eigenvalue weighted by Gasteiger charge is -2.31. The molecule has 0 aromatic heterocycles. The SMILES string of the molecule is CCN1CCOC(C(=O)Cc2ccccc2)C1. The summed E-state index contributed by atoms with van der Waals surface area (Å²) in [5.74, 6) is 0.189. The third-order valence-corrected chi connectivity index (χ3v) is 3.18. The molecule has 1 heterocycles. The van der Waals surface area contributed by atoms with E-state index in [1.165, 1.54) is 0 Å². The zero-order chi connectivity index (χ0) is 12.1. The highest BCUT2D eigenvalue weighted by molar-refractivity contribution is 5.85. The maximum atomic E-state index is 12.1. The molecule has 1 aromatic carbocycles. The number of hydrogen-bond acceptors (Lipinski definition) is 3. The molecule has 0 radical (unpaired) electrons. The first-order chi connectivity index (χ1) is 8.29. The highest BCUT2D eigenvalue weighted by atomic mass is 16.5. The number of Topliss-reactive ketones (excluding diaryl/α,β-unsaturated/α-hetero) is 1. The number of rotatable bonds is 4. The Morgan fingerprint density at radius 3 is 2.88 bits per heavy atom. The second-order valence-corrected chi connectivity index (χ2v) is 4.38. The molecular weight excluding hydrogens is 214 g/mol. The Kier molecular flexibility index (Phi) is 4.29. The van der Waals surface area contributed by atoms with Gasteiger partial charge in [0.1, 0.15) is 6.10 Å². The quantitative estimate of drug-likeness (QED) is 0.789. The minimum absolute atomic E-state index is 0.189. The third kappa shape index (κ3) is 3.38. The van der Waals surface area contributed by atoms with Crippen LogP contribution in [0.2, 0.25) is 0 Å².